The summed E-state index contributed by atoms with van der Waals surface area (Å²) in [6.07, 6.45) is 3.02. The zero-order valence-electron chi connectivity index (χ0n) is 9.88. The molecule has 3 heterocycles. The maximum absolute atomic E-state index is 12.2. The summed E-state index contributed by atoms with van der Waals surface area (Å²) in [5.41, 5.74) is 1.66. The SMILES string of the molecule is Cc1nc2cc(Cl)ccn2c1C(=O)Nc1ncn[nH]1. The molecule has 0 aliphatic heterocycles. The van der Waals surface area contributed by atoms with Gasteiger partial charge in [-0.15, -0.1) is 0 Å². The van der Waals surface area contributed by atoms with Crippen LogP contribution < -0.4 is 5.32 Å². The largest absolute Gasteiger partial charge is 0.295 e. The predicted molar refractivity (Wildman–Crippen MR) is 69.3 cm³/mol. The number of anilines is 1. The number of carbonyl (C=O) groups excluding carboxylic acids is 1. The number of amides is 1. The third kappa shape index (κ3) is 2.04. The molecule has 0 bridgehead atoms. The molecule has 0 atom stereocenters. The van der Waals surface area contributed by atoms with Crippen LogP contribution in [0.3, 0.4) is 0 Å². The van der Waals surface area contributed by atoms with E-state index in [-0.39, 0.29) is 11.9 Å². The van der Waals surface area contributed by atoms with Crippen LogP contribution in [0.25, 0.3) is 5.65 Å². The van der Waals surface area contributed by atoms with E-state index in [1.165, 1.54) is 6.33 Å². The van der Waals surface area contributed by atoms with Gasteiger partial charge in [0.05, 0.1) is 5.69 Å². The van der Waals surface area contributed by atoms with Gasteiger partial charge < -0.3 is 0 Å². The highest BCUT2D eigenvalue weighted by molar-refractivity contribution is 6.30. The van der Waals surface area contributed by atoms with Gasteiger partial charge in [0.2, 0.25) is 5.95 Å². The quantitative estimate of drug-likeness (QED) is 0.745. The normalized spacial score (nSPS) is 10.8. The van der Waals surface area contributed by atoms with Gasteiger partial charge >= 0.3 is 0 Å². The summed E-state index contributed by atoms with van der Waals surface area (Å²) in [6, 6.07) is 3.39. The fourth-order valence-electron chi connectivity index (χ4n) is 1.84. The van der Waals surface area contributed by atoms with Crippen LogP contribution in [0.4, 0.5) is 5.95 Å². The molecule has 0 fully saturated rings. The molecule has 7 nitrogen and oxygen atoms in total. The fourth-order valence-corrected chi connectivity index (χ4v) is 2.00. The molecule has 8 heteroatoms. The minimum Gasteiger partial charge on any atom is -0.295 e. The van der Waals surface area contributed by atoms with Gasteiger partial charge in [0.15, 0.2) is 0 Å². The molecule has 0 aliphatic carbocycles. The first-order valence-electron chi connectivity index (χ1n) is 5.46. The minimum absolute atomic E-state index is 0.285. The second kappa shape index (κ2) is 4.36. The van der Waals surface area contributed by atoms with E-state index in [9.17, 15) is 4.79 Å². The fraction of sp³-hybridized carbons (Fsp3) is 0.0909. The van der Waals surface area contributed by atoms with Gasteiger partial charge in [-0.1, -0.05) is 11.6 Å². The molecule has 19 heavy (non-hydrogen) atoms. The Balaban J connectivity index is 2.04. The molecule has 0 aromatic carbocycles. The Labute approximate surface area is 112 Å². The summed E-state index contributed by atoms with van der Waals surface area (Å²) in [6.45, 7) is 1.76. The monoisotopic (exact) mass is 276 g/mol. The highest BCUT2D eigenvalue weighted by Gasteiger charge is 2.17. The number of rotatable bonds is 2. The van der Waals surface area contributed by atoms with Crippen molar-refractivity contribution >= 4 is 29.1 Å². The second-order valence-corrected chi connectivity index (χ2v) is 4.34. The first-order chi connectivity index (χ1) is 9.15. The van der Waals surface area contributed by atoms with E-state index in [0.717, 1.165) is 0 Å². The molecule has 2 N–H and O–H groups in total. The van der Waals surface area contributed by atoms with Gasteiger partial charge in [0.1, 0.15) is 17.7 Å². The number of aromatic amines is 1. The number of nitrogens with zero attached hydrogens (tertiary/aromatic N) is 4. The third-order valence-electron chi connectivity index (χ3n) is 2.62. The molecule has 0 spiro atoms. The van der Waals surface area contributed by atoms with Gasteiger partial charge in [-0.05, 0) is 13.0 Å². The van der Waals surface area contributed by atoms with Gasteiger partial charge in [-0.3, -0.25) is 14.5 Å². The van der Waals surface area contributed by atoms with Crippen LogP contribution in [0, 0.1) is 6.92 Å². The van der Waals surface area contributed by atoms with E-state index in [2.05, 4.69) is 25.5 Å². The third-order valence-corrected chi connectivity index (χ3v) is 2.86. The predicted octanol–water partition coefficient (Wildman–Crippen LogP) is 1.67. The smallest absolute Gasteiger partial charge is 0.276 e. The van der Waals surface area contributed by atoms with Crippen LogP contribution in [-0.2, 0) is 0 Å². The van der Waals surface area contributed by atoms with Gasteiger partial charge in [-0.25, -0.2) is 10.1 Å². The average molecular weight is 277 g/mol. The molecule has 1 amide bonds. The van der Waals surface area contributed by atoms with Crippen molar-refractivity contribution in [3.63, 3.8) is 0 Å². The zero-order valence-corrected chi connectivity index (χ0v) is 10.6. The summed E-state index contributed by atoms with van der Waals surface area (Å²) in [5, 5.41) is 9.40. The van der Waals surface area contributed by atoms with Crippen molar-refractivity contribution < 1.29 is 4.79 Å². The zero-order chi connectivity index (χ0) is 13.4. The number of nitrogens with one attached hydrogen (secondary N) is 2. The summed E-state index contributed by atoms with van der Waals surface area (Å²) in [5.74, 6) is -0.0302. The van der Waals surface area contributed by atoms with Crippen LogP contribution in [-0.4, -0.2) is 30.5 Å². The van der Waals surface area contributed by atoms with Crippen molar-refractivity contribution in [3.8, 4) is 0 Å². The number of carbonyl (C=O) groups is 1. The van der Waals surface area contributed by atoms with Crippen LogP contribution in [0.5, 0.6) is 0 Å². The van der Waals surface area contributed by atoms with E-state index in [1.54, 1.807) is 29.7 Å². The van der Waals surface area contributed by atoms with Crippen LogP contribution >= 0.6 is 11.6 Å². The highest BCUT2D eigenvalue weighted by Crippen LogP contribution is 2.17. The molecule has 3 aromatic heterocycles. The van der Waals surface area contributed by atoms with Crippen molar-refractivity contribution in [1.29, 1.82) is 0 Å². The summed E-state index contributed by atoms with van der Waals surface area (Å²) < 4.78 is 1.67. The van der Waals surface area contributed by atoms with E-state index in [1.807, 2.05) is 0 Å². The van der Waals surface area contributed by atoms with Crippen molar-refractivity contribution in [2.75, 3.05) is 5.32 Å². The maximum atomic E-state index is 12.2. The molecule has 3 rings (SSSR count). The summed E-state index contributed by atoms with van der Waals surface area (Å²) in [7, 11) is 0. The lowest BCUT2D eigenvalue weighted by molar-refractivity contribution is 0.102. The lowest BCUT2D eigenvalue weighted by Gasteiger charge is -2.02. The molecule has 0 saturated heterocycles. The Hall–Kier alpha value is -2.41. The number of pyridine rings is 1. The number of halogens is 1. The first-order valence-corrected chi connectivity index (χ1v) is 5.84. The standard InChI is InChI=1S/C11H9ClN6O/c1-6-9(10(19)16-11-13-5-14-17-11)18-3-2-7(12)4-8(18)15-6/h2-5H,1H3,(H2,13,14,16,17,19). The van der Waals surface area contributed by atoms with Crippen LogP contribution in [0.2, 0.25) is 5.02 Å². The summed E-state index contributed by atoms with van der Waals surface area (Å²) in [4.78, 5) is 20.3. The van der Waals surface area contributed by atoms with Crippen LogP contribution in [0.15, 0.2) is 24.7 Å². The molecule has 0 radical (unpaired) electrons. The molecule has 0 unspecified atom stereocenters. The highest BCUT2D eigenvalue weighted by atomic mass is 35.5. The number of imidazole rings is 1. The molecular weight excluding hydrogens is 268 g/mol. The molecular formula is C11H9ClN6O. The average Bonchev–Trinajstić information content (AvgIpc) is 2.95. The van der Waals surface area contributed by atoms with Crippen molar-refractivity contribution in [2.45, 2.75) is 6.92 Å². The first kappa shape index (κ1) is 11.7. The number of aryl methyl sites for hydroxylation is 1. The minimum atomic E-state index is -0.316. The molecule has 0 aliphatic rings. The lowest BCUT2D eigenvalue weighted by Crippen LogP contribution is -2.16. The Morgan fingerprint density at radius 2 is 2.37 bits per heavy atom. The lowest BCUT2D eigenvalue weighted by atomic mass is 10.3. The Kier molecular flexibility index (Phi) is 2.68. The number of hydrogen-bond acceptors (Lipinski definition) is 4. The Morgan fingerprint density at radius 1 is 1.53 bits per heavy atom. The van der Waals surface area contributed by atoms with Gasteiger partial charge in [0.25, 0.3) is 5.91 Å². The maximum Gasteiger partial charge on any atom is 0.276 e. The number of hydrogen-bond donors (Lipinski definition) is 2. The Morgan fingerprint density at radius 3 is 3.11 bits per heavy atom. The van der Waals surface area contributed by atoms with Crippen LogP contribution in [0.1, 0.15) is 16.2 Å². The summed E-state index contributed by atoms with van der Waals surface area (Å²) >= 11 is 5.90. The second-order valence-electron chi connectivity index (χ2n) is 3.91. The van der Waals surface area contributed by atoms with Crippen molar-refractivity contribution in [2.24, 2.45) is 0 Å². The molecule has 96 valence electrons. The van der Waals surface area contributed by atoms with Gasteiger partial charge in [0, 0.05) is 17.3 Å². The number of aromatic nitrogens is 5. The number of H-pyrrole nitrogens is 1. The van der Waals surface area contributed by atoms with Gasteiger partial charge in [-0.2, -0.15) is 10.1 Å². The molecule has 3 aromatic rings. The van der Waals surface area contributed by atoms with Crippen molar-refractivity contribution in [1.82, 2.24) is 24.6 Å². The Bertz CT molecular complexity index is 748. The van der Waals surface area contributed by atoms with E-state index >= 15 is 0 Å². The number of fused-ring (bicyclic) bond motifs is 1. The van der Waals surface area contributed by atoms with E-state index < -0.39 is 0 Å². The van der Waals surface area contributed by atoms with E-state index in [4.69, 9.17) is 11.6 Å². The molecule has 0 saturated carbocycles. The van der Waals surface area contributed by atoms with Crippen molar-refractivity contribution in [3.05, 3.63) is 41.1 Å². The topological polar surface area (TPSA) is 88.0 Å². The van der Waals surface area contributed by atoms with E-state index in [0.29, 0.717) is 22.1 Å².